The Hall–Kier alpha value is -1.26. The molecular weight excluding hydrogens is 274 g/mol. The third-order valence-corrected chi connectivity index (χ3v) is 3.83. The number of benzene rings is 1. The van der Waals surface area contributed by atoms with Gasteiger partial charge in [0.2, 0.25) is 5.88 Å². The molecule has 1 unspecified atom stereocenters. The molecule has 0 saturated heterocycles. The predicted octanol–water partition coefficient (Wildman–Crippen LogP) is 3.43. The van der Waals surface area contributed by atoms with Gasteiger partial charge in [0.15, 0.2) is 0 Å². The molecule has 0 fully saturated rings. The van der Waals surface area contributed by atoms with Gasteiger partial charge in [0.05, 0.1) is 10.9 Å². The molecule has 0 amide bonds. The van der Waals surface area contributed by atoms with Gasteiger partial charge in [0, 0.05) is 17.6 Å². The van der Waals surface area contributed by atoms with E-state index >= 15 is 0 Å². The minimum Gasteiger partial charge on any atom is -0.475 e. The number of hydrogen-bond donors (Lipinski definition) is 0. The van der Waals surface area contributed by atoms with Crippen molar-refractivity contribution in [1.29, 1.82) is 0 Å². The van der Waals surface area contributed by atoms with Crippen molar-refractivity contribution in [3.05, 3.63) is 23.2 Å². The Kier molecular flexibility index (Phi) is 4.89. The first-order valence-corrected chi connectivity index (χ1v) is 7.39. The molecule has 1 atom stereocenters. The molecule has 20 heavy (non-hydrogen) atoms. The molecule has 0 aliphatic rings. The Balaban J connectivity index is 2.27. The maximum atomic E-state index is 6.08. The summed E-state index contributed by atoms with van der Waals surface area (Å²) in [4.78, 5) is 2.17. The molecule has 110 valence electrons. The fourth-order valence-electron chi connectivity index (χ4n) is 2.28. The third-order valence-electron chi connectivity index (χ3n) is 3.59. The highest BCUT2D eigenvalue weighted by atomic mass is 35.5. The number of aryl methyl sites for hydroxylation is 1. The normalized spacial score (nSPS) is 13.1. The largest absolute Gasteiger partial charge is 0.475 e. The summed E-state index contributed by atoms with van der Waals surface area (Å²) in [5.41, 5.74) is 1.06. The Bertz CT molecular complexity index is 580. The van der Waals surface area contributed by atoms with Crippen LogP contribution in [0.15, 0.2) is 18.2 Å². The van der Waals surface area contributed by atoms with E-state index in [1.807, 2.05) is 22.9 Å². The fraction of sp³-hybridized carbons (Fsp3) is 0.533. The van der Waals surface area contributed by atoms with Gasteiger partial charge in [0.1, 0.15) is 6.61 Å². The number of hydrogen-bond acceptors (Lipinski definition) is 3. The molecule has 0 radical (unpaired) electrons. The topological polar surface area (TPSA) is 30.3 Å². The van der Waals surface area contributed by atoms with E-state index in [1.165, 1.54) is 0 Å². The molecular formula is C15H22ClN3O. The van der Waals surface area contributed by atoms with Gasteiger partial charge in [-0.2, -0.15) is 0 Å². The quantitative estimate of drug-likeness (QED) is 0.818. The van der Waals surface area contributed by atoms with Crippen LogP contribution < -0.4 is 4.74 Å². The van der Waals surface area contributed by atoms with E-state index in [9.17, 15) is 0 Å². The molecule has 2 rings (SSSR count). The molecule has 0 aliphatic carbocycles. The molecule has 5 heteroatoms. The van der Waals surface area contributed by atoms with Gasteiger partial charge in [-0.05, 0) is 45.6 Å². The highest BCUT2D eigenvalue weighted by molar-refractivity contribution is 6.31. The lowest BCUT2D eigenvalue weighted by Crippen LogP contribution is -2.33. The van der Waals surface area contributed by atoms with Gasteiger partial charge >= 0.3 is 0 Å². The van der Waals surface area contributed by atoms with E-state index in [-0.39, 0.29) is 0 Å². The van der Waals surface area contributed by atoms with E-state index in [2.05, 4.69) is 37.9 Å². The van der Waals surface area contributed by atoms with Gasteiger partial charge in [-0.1, -0.05) is 18.5 Å². The number of nitrogens with zero attached hydrogens (tertiary/aromatic N) is 3. The number of fused-ring (bicyclic) bond motifs is 1. The SMILES string of the molecule is CCC(COc1nn(CC)c2ccc(Cl)cc12)N(C)C. The maximum absolute atomic E-state index is 6.08. The van der Waals surface area contributed by atoms with Crippen molar-refractivity contribution in [2.75, 3.05) is 20.7 Å². The molecule has 0 spiro atoms. The highest BCUT2D eigenvalue weighted by Crippen LogP contribution is 2.28. The van der Waals surface area contributed by atoms with Crippen LogP contribution in [0.1, 0.15) is 20.3 Å². The Morgan fingerprint density at radius 2 is 2.10 bits per heavy atom. The highest BCUT2D eigenvalue weighted by Gasteiger charge is 2.15. The third kappa shape index (κ3) is 3.07. The number of likely N-dealkylation sites (N-methyl/N-ethyl adjacent to an activating group) is 1. The summed E-state index contributed by atoms with van der Waals surface area (Å²) in [7, 11) is 4.13. The molecule has 0 saturated carbocycles. The summed E-state index contributed by atoms with van der Waals surface area (Å²) >= 11 is 6.08. The number of rotatable bonds is 6. The summed E-state index contributed by atoms with van der Waals surface area (Å²) < 4.78 is 7.88. The van der Waals surface area contributed by atoms with Crippen LogP contribution in [0, 0.1) is 0 Å². The van der Waals surface area contributed by atoms with E-state index in [0.717, 1.165) is 23.9 Å². The van der Waals surface area contributed by atoms with E-state index in [1.54, 1.807) is 0 Å². The van der Waals surface area contributed by atoms with Crippen LogP contribution >= 0.6 is 11.6 Å². The number of halogens is 1. The molecule has 0 bridgehead atoms. The van der Waals surface area contributed by atoms with Crippen molar-refractivity contribution in [3.63, 3.8) is 0 Å². The first-order valence-electron chi connectivity index (χ1n) is 7.02. The molecule has 0 N–H and O–H groups in total. The summed E-state index contributed by atoms with van der Waals surface area (Å²) in [6.07, 6.45) is 1.04. The van der Waals surface area contributed by atoms with Crippen LogP contribution in [0.2, 0.25) is 5.02 Å². The van der Waals surface area contributed by atoms with Gasteiger partial charge in [-0.15, -0.1) is 5.10 Å². The van der Waals surface area contributed by atoms with E-state index < -0.39 is 0 Å². The van der Waals surface area contributed by atoms with Crippen LogP contribution in [0.4, 0.5) is 0 Å². The van der Waals surface area contributed by atoms with Crippen LogP contribution in [0.3, 0.4) is 0 Å². The van der Waals surface area contributed by atoms with Gasteiger partial charge in [0.25, 0.3) is 0 Å². The lowest BCUT2D eigenvalue weighted by molar-refractivity contribution is 0.177. The first kappa shape index (κ1) is 15.1. The zero-order valence-corrected chi connectivity index (χ0v) is 13.3. The van der Waals surface area contributed by atoms with Crippen molar-refractivity contribution in [2.45, 2.75) is 32.9 Å². The van der Waals surface area contributed by atoms with Gasteiger partial charge in [-0.3, -0.25) is 4.68 Å². The minimum absolute atomic E-state index is 0.385. The van der Waals surface area contributed by atoms with Gasteiger partial charge in [-0.25, -0.2) is 0 Å². The monoisotopic (exact) mass is 295 g/mol. The van der Waals surface area contributed by atoms with Crippen molar-refractivity contribution >= 4 is 22.5 Å². The lowest BCUT2D eigenvalue weighted by atomic mass is 10.2. The molecule has 0 aliphatic heterocycles. The van der Waals surface area contributed by atoms with Crippen LogP contribution in [0.25, 0.3) is 10.9 Å². The van der Waals surface area contributed by atoms with Crippen LogP contribution in [-0.4, -0.2) is 41.4 Å². The summed E-state index contributed by atoms with van der Waals surface area (Å²) in [5.74, 6) is 0.671. The van der Waals surface area contributed by atoms with Crippen LogP contribution in [-0.2, 0) is 6.54 Å². The van der Waals surface area contributed by atoms with Crippen molar-refractivity contribution in [2.24, 2.45) is 0 Å². The minimum atomic E-state index is 0.385. The molecule has 4 nitrogen and oxygen atoms in total. The zero-order valence-electron chi connectivity index (χ0n) is 12.6. The van der Waals surface area contributed by atoms with Crippen LogP contribution in [0.5, 0.6) is 5.88 Å². The average Bonchev–Trinajstić information content (AvgIpc) is 2.76. The molecule has 1 aromatic heterocycles. The smallest absolute Gasteiger partial charge is 0.240 e. The van der Waals surface area contributed by atoms with Crippen molar-refractivity contribution < 1.29 is 4.74 Å². The zero-order chi connectivity index (χ0) is 14.7. The second-order valence-corrected chi connectivity index (χ2v) is 5.56. The fourth-order valence-corrected chi connectivity index (χ4v) is 2.45. The second-order valence-electron chi connectivity index (χ2n) is 5.12. The molecule has 1 heterocycles. The number of ether oxygens (including phenoxy) is 1. The van der Waals surface area contributed by atoms with E-state index in [0.29, 0.717) is 23.6 Å². The first-order chi connectivity index (χ1) is 9.56. The Morgan fingerprint density at radius 3 is 2.70 bits per heavy atom. The van der Waals surface area contributed by atoms with Crippen molar-refractivity contribution in [3.8, 4) is 5.88 Å². The van der Waals surface area contributed by atoms with E-state index in [4.69, 9.17) is 16.3 Å². The number of aromatic nitrogens is 2. The lowest BCUT2D eigenvalue weighted by Gasteiger charge is -2.22. The van der Waals surface area contributed by atoms with Gasteiger partial charge < -0.3 is 9.64 Å². The Morgan fingerprint density at radius 1 is 1.35 bits per heavy atom. The summed E-state index contributed by atoms with van der Waals surface area (Å²) in [6, 6.07) is 6.18. The predicted molar refractivity (Wildman–Crippen MR) is 83.7 cm³/mol. The summed E-state index contributed by atoms with van der Waals surface area (Å²) in [5, 5.41) is 6.22. The molecule has 2 aromatic rings. The molecule has 1 aromatic carbocycles. The second kappa shape index (κ2) is 6.46. The average molecular weight is 296 g/mol. The summed E-state index contributed by atoms with van der Waals surface area (Å²) in [6.45, 7) is 5.67. The Labute approximate surface area is 125 Å². The maximum Gasteiger partial charge on any atom is 0.240 e. The van der Waals surface area contributed by atoms with Crippen molar-refractivity contribution in [1.82, 2.24) is 14.7 Å². The standard InChI is InChI=1S/C15H22ClN3O/c1-5-12(18(3)4)10-20-15-13-9-11(16)7-8-14(13)19(6-2)17-15/h7-9,12H,5-6,10H2,1-4H3.